The Labute approximate surface area is 179 Å². The number of hydrogen-bond acceptors (Lipinski definition) is 4. The number of fused-ring (bicyclic) bond motifs is 4. The highest BCUT2D eigenvalue weighted by Gasteiger charge is 2.43. The van der Waals surface area contributed by atoms with E-state index in [9.17, 15) is 4.79 Å². The van der Waals surface area contributed by atoms with E-state index in [4.69, 9.17) is 4.74 Å². The van der Waals surface area contributed by atoms with Crippen LogP contribution < -0.4 is 0 Å². The minimum atomic E-state index is -0.337. The van der Waals surface area contributed by atoms with Crippen molar-refractivity contribution in [2.24, 2.45) is 0 Å². The second-order valence-corrected chi connectivity index (χ2v) is 8.29. The van der Waals surface area contributed by atoms with Crippen molar-refractivity contribution in [2.45, 2.75) is 24.9 Å². The van der Waals surface area contributed by atoms with Crippen molar-refractivity contribution >= 4 is 16.8 Å². The number of benzene rings is 1. The van der Waals surface area contributed by atoms with Gasteiger partial charge in [0, 0.05) is 30.2 Å². The monoisotopic (exact) mass is 413 g/mol. The number of nitrogens with one attached hydrogen (secondary N) is 2. The molecule has 1 fully saturated rings. The van der Waals surface area contributed by atoms with Gasteiger partial charge in [-0.1, -0.05) is 24.3 Å². The van der Waals surface area contributed by atoms with E-state index in [1.54, 1.807) is 12.3 Å². The topological polar surface area (TPSA) is 86.9 Å². The first-order valence-corrected chi connectivity index (χ1v) is 10.7. The third-order valence-corrected chi connectivity index (χ3v) is 6.59. The number of nitrogens with zero attached hydrogens (tertiary/aromatic N) is 3. The molecule has 2 aliphatic heterocycles. The molecular formula is C24H23N5O2. The van der Waals surface area contributed by atoms with Crippen LogP contribution in [0.4, 0.5) is 0 Å². The number of likely N-dealkylation sites (tertiary alicyclic amines) is 1. The number of rotatable bonds is 2. The molecule has 0 saturated carbocycles. The molecule has 1 amide bonds. The number of para-hydroxylation sites is 1. The summed E-state index contributed by atoms with van der Waals surface area (Å²) >= 11 is 0. The standard InChI is InChI=1S/C24H23N5O2/c30-23(21-15-20(27-28-21)19-7-3-4-11-25-19)29-12-9-24(10-13-29)22-17(8-14-31-24)16-5-1-2-6-18(16)26-22/h1-7,11,15,26H,8-10,12-14H2,(H,27,28). The Morgan fingerprint density at radius 3 is 2.74 bits per heavy atom. The molecule has 5 heterocycles. The van der Waals surface area contributed by atoms with Crippen molar-refractivity contribution < 1.29 is 9.53 Å². The Morgan fingerprint density at radius 1 is 1.06 bits per heavy atom. The summed E-state index contributed by atoms with van der Waals surface area (Å²) in [5.41, 5.74) is 5.31. The minimum absolute atomic E-state index is 0.0304. The number of piperidine rings is 1. The zero-order valence-electron chi connectivity index (χ0n) is 17.1. The predicted octanol–water partition coefficient (Wildman–Crippen LogP) is 3.66. The first kappa shape index (κ1) is 18.3. The predicted molar refractivity (Wildman–Crippen MR) is 117 cm³/mol. The molecule has 156 valence electrons. The summed E-state index contributed by atoms with van der Waals surface area (Å²) in [7, 11) is 0. The fourth-order valence-electron chi connectivity index (χ4n) is 4.98. The van der Waals surface area contributed by atoms with Gasteiger partial charge >= 0.3 is 0 Å². The van der Waals surface area contributed by atoms with Crippen LogP contribution in [-0.2, 0) is 16.8 Å². The normalized spacial score (nSPS) is 17.7. The zero-order valence-corrected chi connectivity index (χ0v) is 17.1. The first-order valence-electron chi connectivity index (χ1n) is 10.7. The van der Waals surface area contributed by atoms with Gasteiger partial charge in [0.25, 0.3) is 5.91 Å². The van der Waals surface area contributed by atoms with Crippen LogP contribution in [0.5, 0.6) is 0 Å². The molecule has 0 aliphatic carbocycles. The van der Waals surface area contributed by atoms with Gasteiger partial charge in [-0.15, -0.1) is 0 Å². The van der Waals surface area contributed by atoms with E-state index in [1.807, 2.05) is 23.1 Å². The Hall–Kier alpha value is -3.45. The van der Waals surface area contributed by atoms with E-state index in [2.05, 4.69) is 44.4 Å². The highest BCUT2D eigenvalue weighted by atomic mass is 16.5. The summed E-state index contributed by atoms with van der Waals surface area (Å²) < 4.78 is 6.36. The molecule has 2 N–H and O–H groups in total. The summed E-state index contributed by atoms with van der Waals surface area (Å²) in [6.45, 7) is 2.01. The summed E-state index contributed by atoms with van der Waals surface area (Å²) in [6.07, 6.45) is 4.20. The number of aromatic amines is 2. The van der Waals surface area contributed by atoms with Gasteiger partial charge in [-0.25, -0.2) is 0 Å². The third-order valence-electron chi connectivity index (χ3n) is 6.59. The van der Waals surface area contributed by atoms with Crippen molar-refractivity contribution in [2.75, 3.05) is 19.7 Å². The lowest BCUT2D eigenvalue weighted by Gasteiger charge is -2.43. The summed E-state index contributed by atoms with van der Waals surface area (Å²) in [5, 5.41) is 8.45. The van der Waals surface area contributed by atoms with E-state index >= 15 is 0 Å². The molecule has 0 radical (unpaired) electrons. The van der Waals surface area contributed by atoms with Crippen LogP contribution in [0.1, 0.15) is 34.6 Å². The molecule has 7 heteroatoms. The zero-order chi connectivity index (χ0) is 20.8. The maximum absolute atomic E-state index is 13.1. The quantitative estimate of drug-likeness (QED) is 0.525. The van der Waals surface area contributed by atoms with Crippen LogP contribution in [0.25, 0.3) is 22.3 Å². The number of H-pyrrole nitrogens is 2. The maximum Gasteiger partial charge on any atom is 0.271 e. The van der Waals surface area contributed by atoms with E-state index < -0.39 is 0 Å². The van der Waals surface area contributed by atoms with Crippen LogP contribution in [0.2, 0.25) is 0 Å². The number of aromatic nitrogens is 4. The number of ether oxygens (including phenoxy) is 1. The Bertz CT molecular complexity index is 1250. The van der Waals surface area contributed by atoms with Gasteiger partial charge in [0.15, 0.2) is 0 Å². The highest BCUT2D eigenvalue weighted by molar-refractivity contribution is 5.93. The van der Waals surface area contributed by atoms with E-state index in [0.29, 0.717) is 24.5 Å². The lowest BCUT2D eigenvalue weighted by Crippen LogP contribution is -2.48. The van der Waals surface area contributed by atoms with Gasteiger partial charge in [0.1, 0.15) is 17.0 Å². The molecule has 2 aliphatic rings. The fourth-order valence-corrected chi connectivity index (χ4v) is 4.98. The van der Waals surface area contributed by atoms with Gasteiger partial charge in [-0.3, -0.25) is 14.9 Å². The SMILES string of the molecule is O=C(c1cc(-c2ccccn2)n[nH]1)N1CCC2(CC1)OCCc1c2[nH]c2ccccc12. The Balaban J connectivity index is 1.22. The van der Waals surface area contributed by atoms with Gasteiger partial charge in [0.05, 0.1) is 18.0 Å². The van der Waals surface area contributed by atoms with Crippen LogP contribution in [0, 0.1) is 0 Å². The van der Waals surface area contributed by atoms with E-state index in [-0.39, 0.29) is 11.5 Å². The fraction of sp³-hybridized carbons (Fsp3) is 0.292. The molecule has 4 aromatic rings. The molecule has 0 bridgehead atoms. The number of pyridine rings is 1. The van der Waals surface area contributed by atoms with Crippen LogP contribution in [-0.4, -0.2) is 50.7 Å². The van der Waals surface area contributed by atoms with Crippen LogP contribution >= 0.6 is 0 Å². The average Bonchev–Trinajstić information content (AvgIpc) is 3.46. The number of amides is 1. The number of carbonyl (C=O) groups excluding carboxylic acids is 1. The van der Waals surface area contributed by atoms with Gasteiger partial charge < -0.3 is 14.6 Å². The Morgan fingerprint density at radius 2 is 1.90 bits per heavy atom. The average molecular weight is 413 g/mol. The highest BCUT2D eigenvalue weighted by Crippen LogP contribution is 2.43. The second kappa shape index (κ2) is 7.06. The maximum atomic E-state index is 13.1. The molecule has 6 rings (SSSR count). The number of carbonyl (C=O) groups is 1. The lowest BCUT2D eigenvalue weighted by atomic mass is 9.83. The van der Waals surface area contributed by atoms with Gasteiger partial charge in [-0.2, -0.15) is 5.10 Å². The number of hydrogen-bond donors (Lipinski definition) is 2. The Kier molecular flexibility index (Phi) is 4.17. The van der Waals surface area contributed by atoms with Crippen molar-refractivity contribution in [3.63, 3.8) is 0 Å². The largest absolute Gasteiger partial charge is 0.368 e. The van der Waals surface area contributed by atoms with E-state index in [0.717, 1.165) is 37.1 Å². The van der Waals surface area contributed by atoms with Gasteiger partial charge in [-0.05, 0) is 49.1 Å². The van der Waals surface area contributed by atoms with Crippen molar-refractivity contribution in [3.8, 4) is 11.4 Å². The van der Waals surface area contributed by atoms with Crippen molar-refractivity contribution in [1.82, 2.24) is 25.1 Å². The van der Waals surface area contributed by atoms with Crippen LogP contribution in [0.15, 0.2) is 54.7 Å². The third kappa shape index (κ3) is 2.96. The molecule has 0 unspecified atom stereocenters. The molecule has 31 heavy (non-hydrogen) atoms. The molecule has 1 saturated heterocycles. The molecule has 3 aromatic heterocycles. The summed E-state index contributed by atoms with van der Waals surface area (Å²) in [6, 6.07) is 15.9. The van der Waals surface area contributed by atoms with E-state index in [1.165, 1.54) is 16.6 Å². The molecule has 1 spiro atoms. The summed E-state index contributed by atoms with van der Waals surface area (Å²) in [5.74, 6) is -0.0304. The smallest absolute Gasteiger partial charge is 0.271 e. The minimum Gasteiger partial charge on any atom is -0.368 e. The molecule has 1 aromatic carbocycles. The second-order valence-electron chi connectivity index (χ2n) is 8.29. The lowest BCUT2D eigenvalue weighted by molar-refractivity contribution is -0.0957. The molecule has 7 nitrogen and oxygen atoms in total. The molecular weight excluding hydrogens is 390 g/mol. The first-order chi connectivity index (χ1) is 15.2. The van der Waals surface area contributed by atoms with Gasteiger partial charge in [0.2, 0.25) is 0 Å². The van der Waals surface area contributed by atoms with Crippen LogP contribution in [0.3, 0.4) is 0 Å². The van der Waals surface area contributed by atoms with Crippen molar-refractivity contribution in [3.05, 3.63) is 71.7 Å². The summed E-state index contributed by atoms with van der Waals surface area (Å²) in [4.78, 5) is 22.9. The molecule has 0 atom stereocenters. The van der Waals surface area contributed by atoms with Crippen molar-refractivity contribution in [1.29, 1.82) is 0 Å².